The Kier molecular flexibility index (Phi) is 3.27. The maximum absolute atomic E-state index is 13.5. The van der Waals surface area contributed by atoms with Crippen molar-refractivity contribution in [2.75, 3.05) is 12.8 Å². The summed E-state index contributed by atoms with van der Waals surface area (Å²) in [4.78, 5) is 3.99. The van der Waals surface area contributed by atoms with Crippen molar-refractivity contribution in [2.45, 2.75) is 0 Å². The van der Waals surface area contributed by atoms with Crippen LogP contribution in [0.15, 0.2) is 42.7 Å². The number of aromatic nitrogens is 3. The fourth-order valence-corrected chi connectivity index (χ4v) is 2.19. The van der Waals surface area contributed by atoms with Gasteiger partial charge in [-0.3, -0.25) is 10.1 Å². The molecule has 6 heteroatoms. The highest BCUT2D eigenvalue weighted by Crippen LogP contribution is 2.35. The summed E-state index contributed by atoms with van der Waals surface area (Å²) in [7, 11) is 1.42. The zero-order chi connectivity index (χ0) is 14.8. The highest BCUT2D eigenvalue weighted by molar-refractivity contribution is 5.87. The molecule has 0 spiro atoms. The average molecular weight is 284 g/mol. The van der Waals surface area contributed by atoms with Crippen molar-refractivity contribution in [1.82, 2.24) is 15.2 Å². The third kappa shape index (κ3) is 2.31. The summed E-state index contributed by atoms with van der Waals surface area (Å²) in [5.41, 5.74) is 9.03. The number of nitrogens with one attached hydrogen (secondary N) is 1. The van der Waals surface area contributed by atoms with Crippen molar-refractivity contribution >= 4 is 5.82 Å². The Balaban J connectivity index is 2.17. The van der Waals surface area contributed by atoms with E-state index in [0.717, 1.165) is 16.7 Å². The first-order valence-electron chi connectivity index (χ1n) is 6.29. The number of hydrogen-bond acceptors (Lipinski definition) is 4. The van der Waals surface area contributed by atoms with Gasteiger partial charge in [0.1, 0.15) is 0 Å². The van der Waals surface area contributed by atoms with Crippen LogP contribution in [0, 0.1) is 5.82 Å². The molecular formula is C15H13FN4O. The van der Waals surface area contributed by atoms with Crippen LogP contribution in [-0.4, -0.2) is 22.3 Å². The number of pyridine rings is 1. The molecule has 0 fully saturated rings. The number of aromatic amines is 1. The predicted molar refractivity (Wildman–Crippen MR) is 78.2 cm³/mol. The van der Waals surface area contributed by atoms with Crippen molar-refractivity contribution in [2.24, 2.45) is 0 Å². The van der Waals surface area contributed by atoms with E-state index in [0.29, 0.717) is 11.5 Å². The molecular weight excluding hydrogens is 271 g/mol. The summed E-state index contributed by atoms with van der Waals surface area (Å²) in [6, 6.07) is 8.28. The van der Waals surface area contributed by atoms with Crippen molar-refractivity contribution < 1.29 is 9.13 Å². The molecule has 3 N–H and O–H groups in total. The van der Waals surface area contributed by atoms with Crippen LogP contribution < -0.4 is 10.5 Å². The standard InChI is InChI=1S/C15H13FN4O/c1-21-12-8-10(2-3-11(12)16)14-13(15(17)20-19-14)9-4-6-18-7-5-9/h2-8H,1H3,(H3,17,19,20). The number of nitrogen functional groups attached to an aromatic ring is 1. The summed E-state index contributed by atoms with van der Waals surface area (Å²) >= 11 is 0. The van der Waals surface area contributed by atoms with Crippen LogP contribution in [0.1, 0.15) is 0 Å². The fraction of sp³-hybridized carbons (Fsp3) is 0.0667. The van der Waals surface area contributed by atoms with Gasteiger partial charge in [-0.1, -0.05) is 0 Å². The lowest BCUT2D eigenvalue weighted by Crippen LogP contribution is -1.91. The fourth-order valence-electron chi connectivity index (χ4n) is 2.19. The Morgan fingerprint density at radius 2 is 1.90 bits per heavy atom. The molecule has 106 valence electrons. The minimum atomic E-state index is -0.417. The number of benzene rings is 1. The molecule has 0 bridgehead atoms. The molecule has 3 rings (SSSR count). The van der Waals surface area contributed by atoms with Gasteiger partial charge in [-0.05, 0) is 35.9 Å². The molecule has 0 unspecified atom stereocenters. The van der Waals surface area contributed by atoms with Gasteiger partial charge in [0, 0.05) is 18.0 Å². The number of halogens is 1. The van der Waals surface area contributed by atoms with E-state index < -0.39 is 5.82 Å². The van der Waals surface area contributed by atoms with Crippen LogP contribution in [-0.2, 0) is 0 Å². The highest BCUT2D eigenvalue weighted by atomic mass is 19.1. The highest BCUT2D eigenvalue weighted by Gasteiger charge is 2.16. The first-order valence-corrected chi connectivity index (χ1v) is 6.29. The van der Waals surface area contributed by atoms with Crippen LogP contribution in [0.3, 0.4) is 0 Å². The summed E-state index contributed by atoms with van der Waals surface area (Å²) in [5.74, 6) is 0.125. The van der Waals surface area contributed by atoms with Crippen molar-refractivity contribution in [1.29, 1.82) is 0 Å². The predicted octanol–water partition coefficient (Wildman–Crippen LogP) is 2.87. The Morgan fingerprint density at radius 3 is 2.62 bits per heavy atom. The van der Waals surface area contributed by atoms with E-state index in [1.165, 1.54) is 13.2 Å². The number of nitrogens with two attached hydrogens (primary N) is 1. The molecule has 5 nitrogen and oxygen atoms in total. The van der Waals surface area contributed by atoms with E-state index in [1.54, 1.807) is 24.5 Å². The van der Waals surface area contributed by atoms with Crippen LogP contribution in [0.2, 0.25) is 0 Å². The molecule has 1 aromatic carbocycles. The average Bonchev–Trinajstić information content (AvgIpc) is 2.90. The van der Waals surface area contributed by atoms with E-state index in [1.807, 2.05) is 12.1 Å². The molecule has 0 amide bonds. The summed E-state index contributed by atoms with van der Waals surface area (Å²) < 4.78 is 18.5. The molecule has 2 heterocycles. The van der Waals surface area contributed by atoms with Crippen molar-refractivity contribution in [3.8, 4) is 28.1 Å². The number of nitrogens with zero attached hydrogens (tertiary/aromatic N) is 2. The zero-order valence-electron chi connectivity index (χ0n) is 11.3. The normalized spacial score (nSPS) is 10.6. The SMILES string of the molecule is COc1cc(-c2[nH]nc(N)c2-c2ccncc2)ccc1F. The smallest absolute Gasteiger partial charge is 0.165 e. The Hall–Kier alpha value is -2.89. The number of H-pyrrole nitrogens is 1. The quantitative estimate of drug-likeness (QED) is 0.775. The summed E-state index contributed by atoms with van der Waals surface area (Å²) in [6.07, 6.45) is 3.35. The van der Waals surface area contributed by atoms with Gasteiger partial charge in [0.05, 0.1) is 18.4 Å². The molecule has 0 saturated heterocycles. The third-order valence-electron chi connectivity index (χ3n) is 3.20. The second kappa shape index (κ2) is 5.24. The largest absolute Gasteiger partial charge is 0.494 e. The molecule has 0 aliphatic rings. The molecule has 2 aromatic heterocycles. The second-order valence-corrected chi connectivity index (χ2v) is 4.44. The topological polar surface area (TPSA) is 76.8 Å². The molecule has 0 aliphatic heterocycles. The van der Waals surface area contributed by atoms with Crippen molar-refractivity contribution in [3.63, 3.8) is 0 Å². The van der Waals surface area contributed by atoms with Gasteiger partial charge in [-0.2, -0.15) is 5.10 Å². The number of anilines is 1. The van der Waals surface area contributed by atoms with Crippen LogP contribution in [0.25, 0.3) is 22.4 Å². The summed E-state index contributed by atoms with van der Waals surface area (Å²) in [6.45, 7) is 0. The third-order valence-corrected chi connectivity index (χ3v) is 3.20. The Bertz CT molecular complexity index is 771. The van der Waals surface area contributed by atoms with E-state index in [-0.39, 0.29) is 5.75 Å². The molecule has 0 saturated carbocycles. The molecule has 0 aliphatic carbocycles. The zero-order valence-corrected chi connectivity index (χ0v) is 11.3. The van der Waals surface area contributed by atoms with Gasteiger partial charge in [-0.25, -0.2) is 4.39 Å². The first-order chi connectivity index (χ1) is 10.2. The molecule has 0 atom stereocenters. The number of rotatable bonds is 3. The van der Waals surface area contributed by atoms with Crippen LogP contribution in [0.5, 0.6) is 5.75 Å². The maximum atomic E-state index is 13.5. The lowest BCUT2D eigenvalue weighted by atomic mass is 10.0. The lowest BCUT2D eigenvalue weighted by Gasteiger charge is -2.07. The van der Waals surface area contributed by atoms with Gasteiger partial charge in [0.15, 0.2) is 17.4 Å². The molecule has 21 heavy (non-hydrogen) atoms. The van der Waals surface area contributed by atoms with E-state index in [9.17, 15) is 4.39 Å². The van der Waals surface area contributed by atoms with Gasteiger partial charge >= 0.3 is 0 Å². The van der Waals surface area contributed by atoms with Gasteiger partial charge < -0.3 is 10.5 Å². The Labute approximate surface area is 120 Å². The van der Waals surface area contributed by atoms with Crippen molar-refractivity contribution in [3.05, 3.63) is 48.5 Å². The monoisotopic (exact) mass is 284 g/mol. The van der Waals surface area contributed by atoms with Gasteiger partial charge in [-0.15, -0.1) is 0 Å². The van der Waals surface area contributed by atoms with E-state index in [2.05, 4.69) is 15.2 Å². The number of methoxy groups -OCH3 is 1. The number of ether oxygens (including phenoxy) is 1. The second-order valence-electron chi connectivity index (χ2n) is 4.44. The summed E-state index contributed by atoms with van der Waals surface area (Å²) in [5, 5.41) is 6.93. The Morgan fingerprint density at radius 1 is 1.14 bits per heavy atom. The molecule has 0 radical (unpaired) electrons. The maximum Gasteiger partial charge on any atom is 0.165 e. The van der Waals surface area contributed by atoms with Crippen LogP contribution >= 0.6 is 0 Å². The first kappa shape index (κ1) is 13.1. The molecule has 3 aromatic rings. The minimum Gasteiger partial charge on any atom is -0.494 e. The van der Waals surface area contributed by atoms with Gasteiger partial charge in [0.25, 0.3) is 0 Å². The van der Waals surface area contributed by atoms with Gasteiger partial charge in [0.2, 0.25) is 0 Å². The number of hydrogen-bond donors (Lipinski definition) is 2. The van der Waals surface area contributed by atoms with Crippen LogP contribution in [0.4, 0.5) is 10.2 Å². The van der Waals surface area contributed by atoms with E-state index >= 15 is 0 Å². The minimum absolute atomic E-state index is 0.168. The lowest BCUT2D eigenvalue weighted by molar-refractivity contribution is 0.387. The van der Waals surface area contributed by atoms with E-state index in [4.69, 9.17) is 10.5 Å².